The Balaban J connectivity index is 2.11. The fourth-order valence-electron chi connectivity index (χ4n) is 3.27. The third kappa shape index (κ3) is 3.34. The van der Waals surface area contributed by atoms with Crippen molar-refractivity contribution in [2.24, 2.45) is 0 Å². The van der Waals surface area contributed by atoms with Gasteiger partial charge < -0.3 is 19.1 Å². The molecule has 1 atom stereocenters. The van der Waals surface area contributed by atoms with Gasteiger partial charge in [0.1, 0.15) is 17.9 Å². The van der Waals surface area contributed by atoms with Gasteiger partial charge in [-0.15, -0.1) is 0 Å². The van der Waals surface area contributed by atoms with E-state index in [0.717, 1.165) is 17.5 Å². The maximum absolute atomic E-state index is 12.2. The van der Waals surface area contributed by atoms with Crippen LogP contribution in [0.4, 0.5) is 0 Å². The van der Waals surface area contributed by atoms with Gasteiger partial charge >= 0.3 is 5.97 Å². The van der Waals surface area contributed by atoms with Gasteiger partial charge in [-0.3, -0.25) is 4.79 Å². The van der Waals surface area contributed by atoms with Crippen molar-refractivity contribution in [1.29, 1.82) is 0 Å². The minimum atomic E-state index is -1.22. The van der Waals surface area contributed by atoms with Crippen molar-refractivity contribution in [1.82, 2.24) is 4.57 Å². The summed E-state index contributed by atoms with van der Waals surface area (Å²) in [6.45, 7) is 2.88. The molecule has 138 valence electrons. The molecule has 1 aromatic heterocycles. The van der Waals surface area contributed by atoms with Crippen molar-refractivity contribution in [3.8, 4) is 17.0 Å². The largest absolute Gasteiger partial charge is 0.490 e. The maximum Gasteiger partial charge on any atom is 0.341 e. The van der Waals surface area contributed by atoms with Gasteiger partial charge in [0.2, 0.25) is 0 Å². The molecule has 26 heavy (non-hydrogen) atoms. The first-order chi connectivity index (χ1) is 12.5. The van der Waals surface area contributed by atoms with Crippen molar-refractivity contribution in [2.45, 2.75) is 25.8 Å². The van der Waals surface area contributed by atoms with E-state index < -0.39 is 11.4 Å². The van der Waals surface area contributed by atoms with Crippen molar-refractivity contribution >= 4 is 17.6 Å². The van der Waals surface area contributed by atoms with E-state index in [2.05, 4.69) is 0 Å². The third-order valence-electron chi connectivity index (χ3n) is 4.61. The van der Waals surface area contributed by atoms with Gasteiger partial charge in [-0.25, -0.2) is 4.79 Å². The van der Waals surface area contributed by atoms with Crippen LogP contribution in [0.1, 0.15) is 35.3 Å². The molecular formula is C19H20ClNO5. The number of aromatic carboxylic acids is 1. The molecule has 0 saturated carbocycles. The molecule has 0 amide bonds. The number of fused-ring (bicyclic) bond motifs is 3. The smallest absolute Gasteiger partial charge is 0.341 e. The Morgan fingerprint density at radius 1 is 1.35 bits per heavy atom. The van der Waals surface area contributed by atoms with E-state index in [1.807, 2.05) is 17.6 Å². The second-order valence-corrected chi connectivity index (χ2v) is 6.60. The van der Waals surface area contributed by atoms with Gasteiger partial charge in [0, 0.05) is 31.0 Å². The van der Waals surface area contributed by atoms with E-state index in [1.54, 1.807) is 13.2 Å². The molecule has 0 radical (unpaired) electrons. The number of methoxy groups -OCH3 is 1. The number of carboxylic acid groups (broad SMARTS) is 1. The Bertz CT molecular complexity index is 906. The SMILES string of the molecule is CC[C@H]1Cc2cc(OCCOC)c(Cl)cc2-c2cc(=O)c(C(=O)O)cn21. The topological polar surface area (TPSA) is 77.8 Å². The lowest BCUT2D eigenvalue weighted by atomic mass is 9.91. The van der Waals surface area contributed by atoms with Crippen LogP contribution in [0.3, 0.4) is 0 Å². The molecule has 0 bridgehead atoms. The van der Waals surface area contributed by atoms with Crippen LogP contribution in [0.5, 0.6) is 5.75 Å². The molecule has 0 saturated heterocycles. The predicted molar refractivity (Wildman–Crippen MR) is 98.5 cm³/mol. The van der Waals surface area contributed by atoms with Crippen molar-refractivity contribution < 1.29 is 19.4 Å². The lowest BCUT2D eigenvalue weighted by Crippen LogP contribution is -2.25. The molecule has 1 aliphatic heterocycles. The number of aromatic nitrogens is 1. The number of pyridine rings is 1. The summed E-state index contributed by atoms with van der Waals surface area (Å²) in [4.78, 5) is 23.5. The fourth-order valence-corrected chi connectivity index (χ4v) is 3.49. The summed E-state index contributed by atoms with van der Waals surface area (Å²) in [5, 5.41) is 9.68. The first kappa shape index (κ1) is 18.5. The molecule has 1 aliphatic rings. The van der Waals surface area contributed by atoms with E-state index in [4.69, 9.17) is 21.1 Å². The normalized spacial score (nSPS) is 15.3. The summed E-state index contributed by atoms with van der Waals surface area (Å²) >= 11 is 6.35. The van der Waals surface area contributed by atoms with Crippen LogP contribution < -0.4 is 10.2 Å². The molecule has 7 heteroatoms. The number of hydrogen-bond acceptors (Lipinski definition) is 4. The fraction of sp³-hybridized carbons (Fsp3) is 0.368. The highest BCUT2D eigenvalue weighted by Crippen LogP contribution is 2.40. The number of carboxylic acids is 1. The molecule has 6 nitrogen and oxygen atoms in total. The standard InChI is InChI=1S/C19H20ClNO5/c1-3-12-6-11-7-18(26-5-4-25-2)15(20)8-13(11)16-9-17(22)14(19(23)24)10-21(12)16/h7-10,12H,3-6H2,1-2H3,(H,23,24)/t12-/m0/s1. The maximum atomic E-state index is 12.2. The molecule has 3 rings (SSSR count). The molecule has 0 spiro atoms. The van der Waals surface area contributed by atoms with E-state index in [-0.39, 0.29) is 11.6 Å². The average Bonchev–Trinajstić information content (AvgIpc) is 2.61. The van der Waals surface area contributed by atoms with Crippen LogP contribution in [-0.4, -0.2) is 36.0 Å². The molecule has 1 aromatic carbocycles. The highest BCUT2D eigenvalue weighted by Gasteiger charge is 2.26. The predicted octanol–water partition coefficient (Wildman–Crippen LogP) is 3.40. The van der Waals surface area contributed by atoms with Crippen LogP contribution >= 0.6 is 11.6 Å². The highest BCUT2D eigenvalue weighted by molar-refractivity contribution is 6.32. The summed E-state index contributed by atoms with van der Waals surface area (Å²) < 4.78 is 12.5. The second kappa shape index (κ2) is 7.51. The third-order valence-corrected chi connectivity index (χ3v) is 4.90. The molecule has 1 N–H and O–H groups in total. The molecule has 2 heterocycles. The summed E-state index contributed by atoms with van der Waals surface area (Å²) in [5.41, 5.74) is 1.80. The van der Waals surface area contributed by atoms with E-state index >= 15 is 0 Å². The Morgan fingerprint density at radius 3 is 2.77 bits per heavy atom. The Labute approximate surface area is 155 Å². The van der Waals surface area contributed by atoms with Crippen molar-refractivity contribution in [3.63, 3.8) is 0 Å². The lowest BCUT2D eigenvalue weighted by Gasteiger charge is -2.30. The highest BCUT2D eigenvalue weighted by atomic mass is 35.5. The number of halogens is 1. The van der Waals surface area contributed by atoms with E-state index in [9.17, 15) is 14.7 Å². The number of nitrogens with zero attached hydrogens (tertiary/aromatic N) is 1. The van der Waals surface area contributed by atoms with Gasteiger partial charge in [-0.1, -0.05) is 18.5 Å². The second-order valence-electron chi connectivity index (χ2n) is 6.20. The average molecular weight is 378 g/mol. The zero-order valence-electron chi connectivity index (χ0n) is 14.6. The molecule has 0 unspecified atom stereocenters. The van der Waals surface area contributed by atoms with E-state index in [0.29, 0.717) is 36.1 Å². The number of hydrogen-bond donors (Lipinski definition) is 1. The van der Waals surface area contributed by atoms with Crippen LogP contribution in [-0.2, 0) is 11.2 Å². The van der Waals surface area contributed by atoms with Crippen molar-refractivity contribution in [3.05, 3.63) is 50.8 Å². The van der Waals surface area contributed by atoms with Crippen LogP contribution in [0.25, 0.3) is 11.3 Å². The zero-order valence-corrected chi connectivity index (χ0v) is 15.4. The van der Waals surface area contributed by atoms with E-state index in [1.165, 1.54) is 12.3 Å². The monoisotopic (exact) mass is 377 g/mol. The minimum absolute atomic E-state index is 0.0594. The quantitative estimate of drug-likeness (QED) is 0.780. The van der Waals surface area contributed by atoms with Crippen molar-refractivity contribution in [2.75, 3.05) is 20.3 Å². The van der Waals surface area contributed by atoms with Gasteiger partial charge in [0.05, 0.1) is 17.3 Å². The van der Waals surface area contributed by atoms with Gasteiger partial charge in [0.15, 0.2) is 5.43 Å². The van der Waals surface area contributed by atoms with Gasteiger partial charge in [-0.05, 0) is 30.5 Å². The summed E-state index contributed by atoms with van der Waals surface area (Å²) in [5.74, 6) is -0.638. The molecule has 2 aromatic rings. The number of benzene rings is 1. The Hall–Kier alpha value is -2.31. The first-order valence-corrected chi connectivity index (χ1v) is 8.78. The Kier molecular flexibility index (Phi) is 5.34. The molecule has 0 aliphatic carbocycles. The molecular weight excluding hydrogens is 358 g/mol. The zero-order chi connectivity index (χ0) is 18.8. The van der Waals surface area contributed by atoms with Gasteiger partial charge in [-0.2, -0.15) is 0 Å². The Morgan fingerprint density at radius 2 is 2.12 bits per heavy atom. The first-order valence-electron chi connectivity index (χ1n) is 8.40. The minimum Gasteiger partial charge on any atom is -0.490 e. The van der Waals surface area contributed by atoms with Gasteiger partial charge in [0.25, 0.3) is 0 Å². The molecule has 0 fully saturated rings. The van der Waals surface area contributed by atoms with Crippen LogP contribution in [0, 0.1) is 0 Å². The number of rotatable bonds is 6. The number of ether oxygens (including phenoxy) is 2. The van der Waals surface area contributed by atoms with Crippen LogP contribution in [0.15, 0.2) is 29.2 Å². The number of carbonyl (C=O) groups is 1. The summed E-state index contributed by atoms with van der Waals surface area (Å²) in [6.07, 6.45) is 2.95. The summed E-state index contributed by atoms with van der Waals surface area (Å²) in [7, 11) is 1.60. The summed E-state index contributed by atoms with van der Waals surface area (Å²) in [6, 6.07) is 5.11. The van der Waals surface area contributed by atoms with Crippen LogP contribution in [0.2, 0.25) is 5.02 Å². The lowest BCUT2D eigenvalue weighted by molar-refractivity contribution is 0.0694.